The molecule has 1 unspecified atom stereocenters. The van der Waals surface area contributed by atoms with Crippen molar-refractivity contribution < 1.29 is 9.59 Å². The molecule has 0 fully saturated rings. The van der Waals surface area contributed by atoms with Gasteiger partial charge in [0.15, 0.2) is 0 Å². The number of hydrogen-bond acceptors (Lipinski definition) is 2. The number of carbonyl (C=O) groups excluding carboxylic acids is 2. The van der Waals surface area contributed by atoms with Gasteiger partial charge in [-0.25, -0.2) is 0 Å². The quantitative estimate of drug-likeness (QED) is 0.714. The summed E-state index contributed by atoms with van der Waals surface area (Å²) in [5, 5.41) is 2.71. The lowest BCUT2D eigenvalue weighted by Crippen LogP contribution is -2.48. The van der Waals surface area contributed by atoms with E-state index in [1.165, 1.54) is 5.56 Å². The van der Waals surface area contributed by atoms with Crippen LogP contribution < -0.4 is 5.32 Å². The fourth-order valence-electron chi connectivity index (χ4n) is 3.39. The normalized spacial score (nSPS) is 11.7. The van der Waals surface area contributed by atoms with Gasteiger partial charge in [-0.1, -0.05) is 62.4 Å². The maximum absolute atomic E-state index is 13.1. The van der Waals surface area contributed by atoms with Gasteiger partial charge >= 0.3 is 0 Å². The summed E-state index contributed by atoms with van der Waals surface area (Å²) in [4.78, 5) is 27.3. The Balaban J connectivity index is 2.17. The monoisotopic (exact) mass is 380 g/mol. The highest BCUT2D eigenvalue weighted by Crippen LogP contribution is 2.17. The smallest absolute Gasteiger partial charge is 0.242 e. The number of nitrogens with one attached hydrogen (secondary N) is 1. The van der Waals surface area contributed by atoms with E-state index in [4.69, 9.17) is 0 Å². The van der Waals surface area contributed by atoms with Crippen LogP contribution in [0.5, 0.6) is 0 Å². The highest BCUT2D eigenvalue weighted by Gasteiger charge is 2.27. The van der Waals surface area contributed by atoms with E-state index < -0.39 is 6.04 Å². The van der Waals surface area contributed by atoms with Gasteiger partial charge in [0.05, 0.1) is 0 Å². The molecule has 0 aromatic heterocycles. The van der Waals surface area contributed by atoms with Crippen LogP contribution in [0.15, 0.2) is 48.5 Å². The third-order valence-electron chi connectivity index (χ3n) is 5.29. The van der Waals surface area contributed by atoms with Gasteiger partial charge in [0.1, 0.15) is 6.04 Å². The van der Waals surface area contributed by atoms with Crippen LogP contribution >= 0.6 is 0 Å². The maximum atomic E-state index is 13.1. The minimum Gasteiger partial charge on any atom is -0.357 e. The van der Waals surface area contributed by atoms with Crippen LogP contribution in [-0.4, -0.2) is 29.8 Å². The summed E-state index contributed by atoms with van der Waals surface area (Å²) in [5.74, 6) is -0.102. The van der Waals surface area contributed by atoms with Gasteiger partial charge in [-0.2, -0.15) is 0 Å². The highest BCUT2D eigenvalue weighted by atomic mass is 16.2. The van der Waals surface area contributed by atoms with Crippen LogP contribution in [-0.2, 0) is 29.0 Å². The van der Waals surface area contributed by atoms with E-state index in [1.54, 1.807) is 11.9 Å². The van der Waals surface area contributed by atoms with Crippen molar-refractivity contribution in [2.75, 3.05) is 7.05 Å². The average molecular weight is 381 g/mol. The summed E-state index contributed by atoms with van der Waals surface area (Å²) in [6.45, 7) is 6.56. The Labute approximate surface area is 169 Å². The highest BCUT2D eigenvalue weighted by molar-refractivity contribution is 5.87. The zero-order valence-corrected chi connectivity index (χ0v) is 17.5. The first-order valence-electron chi connectivity index (χ1n) is 10.1. The van der Waals surface area contributed by atoms with Gasteiger partial charge in [0, 0.05) is 20.0 Å². The lowest BCUT2D eigenvalue weighted by molar-refractivity contribution is -0.141. The molecule has 0 aliphatic carbocycles. The van der Waals surface area contributed by atoms with E-state index in [0.29, 0.717) is 25.8 Å². The molecule has 0 radical (unpaired) electrons. The summed E-state index contributed by atoms with van der Waals surface area (Å²) in [6, 6.07) is 16.0. The molecule has 0 bridgehead atoms. The van der Waals surface area contributed by atoms with Crippen LogP contribution in [0.2, 0.25) is 0 Å². The first-order chi connectivity index (χ1) is 13.5. The zero-order chi connectivity index (χ0) is 20.5. The molecule has 0 aliphatic rings. The van der Waals surface area contributed by atoms with Crippen molar-refractivity contribution in [3.63, 3.8) is 0 Å². The first-order valence-corrected chi connectivity index (χ1v) is 10.1. The molecule has 2 amide bonds. The molecule has 2 aromatic carbocycles. The molecular weight excluding hydrogens is 348 g/mol. The third kappa shape index (κ3) is 5.69. The topological polar surface area (TPSA) is 49.4 Å². The molecule has 1 N–H and O–H groups in total. The summed E-state index contributed by atoms with van der Waals surface area (Å²) < 4.78 is 0. The number of benzene rings is 2. The van der Waals surface area contributed by atoms with Crippen molar-refractivity contribution >= 4 is 11.8 Å². The fraction of sp³-hybridized carbons (Fsp3) is 0.417. The van der Waals surface area contributed by atoms with Crippen molar-refractivity contribution in [3.8, 4) is 0 Å². The van der Waals surface area contributed by atoms with Crippen LogP contribution in [0.25, 0.3) is 0 Å². The van der Waals surface area contributed by atoms with Gasteiger partial charge < -0.3 is 10.2 Å². The van der Waals surface area contributed by atoms with E-state index in [0.717, 1.165) is 23.1 Å². The lowest BCUT2D eigenvalue weighted by atomic mass is 10.0. The zero-order valence-electron chi connectivity index (χ0n) is 17.5. The van der Waals surface area contributed by atoms with Crippen molar-refractivity contribution in [1.82, 2.24) is 10.2 Å². The Bertz CT molecular complexity index is 783. The lowest BCUT2D eigenvalue weighted by Gasteiger charge is -2.31. The summed E-state index contributed by atoms with van der Waals surface area (Å²) in [6.07, 6.45) is 2.67. The molecule has 28 heavy (non-hydrogen) atoms. The second-order valence-electron chi connectivity index (χ2n) is 7.16. The van der Waals surface area contributed by atoms with Crippen molar-refractivity contribution in [2.45, 2.75) is 59.0 Å². The number of hydrogen-bond donors (Lipinski definition) is 1. The number of rotatable bonds is 9. The number of nitrogens with zero attached hydrogens (tertiary/aromatic N) is 1. The maximum Gasteiger partial charge on any atom is 0.242 e. The van der Waals surface area contributed by atoms with Gasteiger partial charge in [0.2, 0.25) is 11.8 Å². The Kier molecular flexibility index (Phi) is 8.24. The van der Waals surface area contributed by atoms with Crippen LogP contribution in [0, 0.1) is 6.92 Å². The molecule has 150 valence electrons. The number of aryl methyl sites for hydroxylation is 3. The molecule has 2 rings (SSSR count). The van der Waals surface area contributed by atoms with Crippen LogP contribution in [0.4, 0.5) is 0 Å². The van der Waals surface area contributed by atoms with E-state index in [2.05, 4.69) is 36.5 Å². The molecule has 0 spiro atoms. The van der Waals surface area contributed by atoms with Crippen molar-refractivity contribution in [1.29, 1.82) is 0 Å². The average Bonchev–Trinajstić information content (AvgIpc) is 2.73. The number of carbonyl (C=O) groups is 2. The van der Waals surface area contributed by atoms with E-state index in [-0.39, 0.29) is 11.8 Å². The summed E-state index contributed by atoms with van der Waals surface area (Å²) >= 11 is 0. The molecule has 0 aliphatic heterocycles. The number of amides is 2. The molecule has 4 nitrogen and oxygen atoms in total. The van der Waals surface area contributed by atoms with Crippen molar-refractivity contribution in [3.05, 3.63) is 70.8 Å². The van der Waals surface area contributed by atoms with Gasteiger partial charge in [-0.15, -0.1) is 0 Å². The SMILES string of the molecule is CCc1ccc(CCC(=O)N(Cc2ccccc2C)C(CC)C(=O)NC)cc1. The molecule has 0 heterocycles. The van der Waals surface area contributed by atoms with Crippen LogP contribution in [0.3, 0.4) is 0 Å². The summed E-state index contributed by atoms with van der Waals surface area (Å²) in [7, 11) is 1.62. The minimum absolute atomic E-state index is 0.0123. The molecular formula is C24H32N2O2. The molecule has 1 atom stereocenters. The van der Waals surface area contributed by atoms with Gasteiger partial charge in [-0.05, 0) is 48.4 Å². The first kappa shape index (κ1) is 21.7. The standard InChI is InChI=1S/C24H32N2O2/c1-5-19-11-13-20(14-12-19)15-16-23(27)26(22(6-2)24(28)25-4)17-21-10-8-7-9-18(21)3/h7-14,22H,5-6,15-17H2,1-4H3,(H,25,28). The predicted molar refractivity (Wildman–Crippen MR) is 114 cm³/mol. The predicted octanol–water partition coefficient (Wildman–Crippen LogP) is 4.04. The number of likely N-dealkylation sites (N-methyl/N-ethyl adjacent to an activating group) is 1. The van der Waals surface area contributed by atoms with Crippen molar-refractivity contribution in [2.24, 2.45) is 0 Å². The second kappa shape index (κ2) is 10.6. The molecule has 4 heteroatoms. The largest absolute Gasteiger partial charge is 0.357 e. The Morgan fingerprint density at radius 3 is 2.21 bits per heavy atom. The molecule has 2 aromatic rings. The second-order valence-corrected chi connectivity index (χ2v) is 7.16. The fourth-order valence-corrected chi connectivity index (χ4v) is 3.39. The molecule has 0 saturated carbocycles. The molecule has 0 saturated heterocycles. The van der Waals surface area contributed by atoms with Gasteiger partial charge in [-0.3, -0.25) is 9.59 Å². The van der Waals surface area contributed by atoms with E-state index in [1.807, 2.05) is 38.1 Å². The van der Waals surface area contributed by atoms with Crippen LogP contribution in [0.1, 0.15) is 48.9 Å². The minimum atomic E-state index is -0.459. The Hall–Kier alpha value is -2.62. The van der Waals surface area contributed by atoms with E-state index >= 15 is 0 Å². The van der Waals surface area contributed by atoms with Gasteiger partial charge in [0.25, 0.3) is 0 Å². The Morgan fingerprint density at radius 1 is 1.00 bits per heavy atom. The third-order valence-corrected chi connectivity index (χ3v) is 5.29. The Morgan fingerprint density at radius 2 is 1.64 bits per heavy atom. The summed E-state index contributed by atoms with van der Waals surface area (Å²) in [5.41, 5.74) is 4.64. The van der Waals surface area contributed by atoms with E-state index in [9.17, 15) is 9.59 Å².